The van der Waals surface area contributed by atoms with Crippen molar-refractivity contribution in [3.63, 3.8) is 0 Å². The Bertz CT molecular complexity index is 815. The minimum absolute atomic E-state index is 0.310. The molecule has 0 radical (unpaired) electrons. The van der Waals surface area contributed by atoms with Crippen molar-refractivity contribution < 1.29 is 14.7 Å². The number of benzene rings is 2. The highest BCUT2D eigenvalue weighted by molar-refractivity contribution is 6.31. The molecule has 0 fully saturated rings. The third-order valence-corrected chi connectivity index (χ3v) is 4.14. The minimum Gasteiger partial charge on any atom is -0.388 e. The highest BCUT2D eigenvalue weighted by Gasteiger charge is 2.28. The monoisotopic (exact) mass is 356 g/mol. The molecule has 2 N–H and O–H groups in total. The van der Waals surface area contributed by atoms with E-state index in [0.29, 0.717) is 16.3 Å². The third kappa shape index (κ3) is 4.90. The molecule has 2 atom stereocenters. The third-order valence-electron chi connectivity index (χ3n) is 3.72. The van der Waals surface area contributed by atoms with E-state index in [4.69, 9.17) is 11.6 Å². The number of hydrogen-bond donors (Lipinski definition) is 2. The van der Waals surface area contributed by atoms with E-state index in [9.17, 15) is 20.0 Å². The van der Waals surface area contributed by atoms with E-state index in [-0.39, 0.29) is 6.42 Å². The van der Waals surface area contributed by atoms with Crippen LogP contribution < -0.4 is 5.32 Å². The predicted molar refractivity (Wildman–Crippen MR) is 94.9 cm³/mol. The van der Waals surface area contributed by atoms with Crippen LogP contribution >= 0.6 is 11.6 Å². The Hall–Kier alpha value is -2.68. The van der Waals surface area contributed by atoms with Crippen LogP contribution in [-0.2, 0) is 9.59 Å². The molecule has 128 valence electrons. The van der Waals surface area contributed by atoms with Gasteiger partial charge in [-0.15, -0.1) is 0 Å². The molecule has 5 nitrogen and oxygen atoms in total. The molecule has 0 aliphatic carbocycles. The van der Waals surface area contributed by atoms with Crippen LogP contribution in [0.5, 0.6) is 0 Å². The van der Waals surface area contributed by atoms with Crippen molar-refractivity contribution in [3.05, 3.63) is 64.7 Å². The van der Waals surface area contributed by atoms with Crippen molar-refractivity contribution in [2.45, 2.75) is 19.4 Å². The van der Waals surface area contributed by atoms with Crippen LogP contribution in [0.15, 0.2) is 48.5 Å². The number of anilines is 1. The molecule has 0 bridgehead atoms. The molecule has 0 aliphatic rings. The number of nitrogens with zero attached hydrogens (tertiary/aromatic N) is 1. The van der Waals surface area contributed by atoms with Crippen molar-refractivity contribution in [3.8, 4) is 6.07 Å². The molecule has 0 spiro atoms. The fourth-order valence-electron chi connectivity index (χ4n) is 2.32. The highest BCUT2D eigenvalue weighted by atomic mass is 35.5. The summed E-state index contributed by atoms with van der Waals surface area (Å²) in [5.74, 6) is -2.86. The summed E-state index contributed by atoms with van der Waals surface area (Å²) in [6, 6.07) is 15.2. The van der Waals surface area contributed by atoms with Crippen LogP contribution in [0.25, 0.3) is 0 Å². The standard InChI is InChI=1S/C19H17ClN2O3/c1-12-9-14(7-8-16(12)20)22-19(25)15(11-21)18(24)10-17(23)13-5-3-2-4-6-13/h2-9,15,17,23H,10H2,1H3,(H,22,25). The molecule has 2 aromatic rings. The highest BCUT2D eigenvalue weighted by Crippen LogP contribution is 2.21. The minimum atomic E-state index is -1.49. The molecule has 0 aromatic heterocycles. The molecule has 25 heavy (non-hydrogen) atoms. The van der Waals surface area contributed by atoms with Crippen molar-refractivity contribution in [1.29, 1.82) is 5.26 Å². The number of halogens is 1. The number of Topliss-reactive ketones (excluding diaryl/α,β-unsaturated/α-hetero) is 1. The van der Waals surface area contributed by atoms with Crippen LogP contribution in [0.3, 0.4) is 0 Å². The Labute approximate surface area is 150 Å². The summed E-state index contributed by atoms with van der Waals surface area (Å²) < 4.78 is 0. The van der Waals surface area contributed by atoms with Crippen LogP contribution in [0.1, 0.15) is 23.7 Å². The molecule has 2 rings (SSSR count). The maximum absolute atomic E-state index is 12.2. The lowest BCUT2D eigenvalue weighted by Gasteiger charge is -2.13. The number of rotatable bonds is 6. The maximum atomic E-state index is 12.2. The number of carbonyl (C=O) groups is 2. The summed E-state index contributed by atoms with van der Waals surface area (Å²) in [4.78, 5) is 24.5. The zero-order valence-corrected chi connectivity index (χ0v) is 14.3. The second kappa shape index (κ2) is 8.43. The first-order chi connectivity index (χ1) is 11.9. The number of nitriles is 1. The SMILES string of the molecule is Cc1cc(NC(=O)C(C#N)C(=O)CC(O)c2ccccc2)ccc1Cl. The molecule has 0 aliphatic heterocycles. The second-order valence-electron chi connectivity index (χ2n) is 5.61. The van der Waals surface area contributed by atoms with Gasteiger partial charge < -0.3 is 10.4 Å². The van der Waals surface area contributed by atoms with E-state index in [1.807, 2.05) is 0 Å². The van der Waals surface area contributed by atoms with Gasteiger partial charge in [0.1, 0.15) is 0 Å². The Kier molecular flexibility index (Phi) is 6.29. The summed E-state index contributed by atoms with van der Waals surface area (Å²) in [5, 5.41) is 22.4. The molecule has 0 heterocycles. The van der Waals surface area contributed by atoms with E-state index < -0.39 is 23.7 Å². The first kappa shape index (κ1) is 18.7. The predicted octanol–water partition coefficient (Wildman–Crippen LogP) is 3.42. The molecule has 0 saturated heterocycles. The van der Waals surface area contributed by atoms with Crippen molar-refractivity contribution >= 4 is 29.0 Å². The van der Waals surface area contributed by atoms with Crippen LogP contribution in [0.4, 0.5) is 5.69 Å². The van der Waals surface area contributed by atoms with Gasteiger partial charge in [0, 0.05) is 17.1 Å². The number of carbonyl (C=O) groups excluding carboxylic acids is 2. The number of aryl methyl sites for hydroxylation is 1. The average molecular weight is 357 g/mol. The summed E-state index contributed by atoms with van der Waals surface area (Å²) in [6.45, 7) is 1.78. The van der Waals surface area contributed by atoms with Crippen LogP contribution in [0, 0.1) is 24.2 Å². The van der Waals surface area contributed by atoms with Crippen LogP contribution in [0.2, 0.25) is 5.02 Å². The summed E-state index contributed by atoms with van der Waals surface area (Å²) in [5.41, 5.74) is 1.77. The quantitative estimate of drug-likeness (QED) is 0.776. The lowest BCUT2D eigenvalue weighted by molar-refractivity contribution is -0.130. The number of amides is 1. The molecule has 1 amide bonds. The number of aliphatic hydroxyl groups is 1. The molecule has 0 saturated carbocycles. The van der Waals surface area contributed by atoms with E-state index in [1.54, 1.807) is 61.5 Å². The Balaban J connectivity index is 2.04. The average Bonchev–Trinajstić information content (AvgIpc) is 2.59. The number of aliphatic hydroxyl groups excluding tert-OH is 1. The second-order valence-corrected chi connectivity index (χ2v) is 6.02. The van der Waals surface area contributed by atoms with Gasteiger partial charge in [0.05, 0.1) is 12.2 Å². The lowest BCUT2D eigenvalue weighted by Crippen LogP contribution is -2.29. The maximum Gasteiger partial charge on any atom is 0.249 e. The first-order valence-corrected chi connectivity index (χ1v) is 8.02. The van der Waals surface area contributed by atoms with Gasteiger partial charge in [-0.25, -0.2) is 0 Å². The fraction of sp³-hybridized carbons (Fsp3) is 0.211. The zero-order chi connectivity index (χ0) is 18.4. The summed E-state index contributed by atoms with van der Waals surface area (Å²) in [7, 11) is 0. The van der Waals surface area contributed by atoms with Crippen molar-refractivity contribution in [2.24, 2.45) is 5.92 Å². The van der Waals surface area contributed by atoms with Gasteiger partial charge in [0.25, 0.3) is 0 Å². The van der Waals surface area contributed by atoms with E-state index in [1.165, 1.54) is 0 Å². The van der Waals surface area contributed by atoms with Gasteiger partial charge in [-0.3, -0.25) is 9.59 Å². The van der Waals surface area contributed by atoms with Gasteiger partial charge in [0.15, 0.2) is 11.7 Å². The Morgan fingerprint density at radius 2 is 1.92 bits per heavy atom. The molecular weight excluding hydrogens is 340 g/mol. The Morgan fingerprint density at radius 1 is 1.24 bits per heavy atom. The lowest BCUT2D eigenvalue weighted by atomic mass is 9.96. The number of nitrogens with one attached hydrogen (secondary N) is 1. The normalized spacial score (nSPS) is 12.7. The number of hydrogen-bond acceptors (Lipinski definition) is 4. The first-order valence-electron chi connectivity index (χ1n) is 7.64. The summed E-state index contributed by atoms with van der Waals surface area (Å²) >= 11 is 5.93. The topological polar surface area (TPSA) is 90.2 Å². The van der Waals surface area contributed by atoms with Gasteiger partial charge in [-0.1, -0.05) is 41.9 Å². The fourth-order valence-corrected chi connectivity index (χ4v) is 2.43. The van der Waals surface area contributed by atoms with E-state index in [0.717, 1.165) is 5.56 Å². The van der Waals surface area contributed by atoms with Gasteiger partial charge >= 0.3 is 0 Å². The molecule has 2 aromatic carbocycles. The largest absolute Gasteiger partial charge is 0.388 e. The van der Waals surface area contributed by atoms with Gasteiger partial charge in [-0.05, 0) is 36.2 Å². The number of ketones is 1. The van der Waals surface area contributed by atoms with E-state index >= 15 is 0 Å². The summed E-state index contributed by atoms with van der Waals surface area (Å²) in [6.07, 6.45) is -1.37. The zero-order valence-electron chi connectivity index (χ0n) is 13.6. The smallest absolute Gasteiger partial charge is 0.249 e. The Morgan fingerprint density at radius 3 is 2.52 bits per heavy atom. The van der Waals surface area contributed by atoms with E-state index in [2.05, 4.69) is 5.32 Å². The van der Waals surface area contributed by atoms with Crippen molar-refractivity contribution in [2.75, 3.05) is 5.32 Å². The van der Waals surface area contributed by atoms with Gasteiger partial charge in [-0.2, -0.15) is 5.26 Å². The van der Waals surface area contributed by atoms with Gasteiger partial charge in [0.2, 0.25) is 5.91 Å². The molecular formula is C19H17ClN2O3. The van der Waals surface area contributed by atoms with Crippen molar-refractivity contribution in [1.82, 2.24) is 0 Å². The molecule has 6 heteroatoms. The molecule has 2 unspecified atom stereocenters. The van der Waals surface area contributed by atoms with Crippen LogP contribution in [-0.4, -0.2) is 16.8 Å².